The minimum Gasteiger partial charge on any atom is -0.543 e. The van der Waals surface area contributed by atoms with Gasteiger partial charge in [-0.3, -0.25) is 14.5 Å². The summed E-state index contributed by atoms with van der Waals surface area (Å²) in [7, 11) is 3.38. The molecule has 3 aliphatic rings. The minimum absolute atomic E-state index is 0.0862. The van der Waals surface area contributed by atoms with Gasteiger partial charge in [0.05, 0.1) is 23.6 Å². The van der Waals surface area contributed by atoms with E-state index in [9.17, 15) is 19.5 Å². The van der Waals surface area contributed by atoms with E-state index < -0.39 is 29.2 Å². The smallest absolute Gasteiger partial charge is 0.276 e. The highest BCUT2D eigenvalue weighted by Crippen LogP contribution is 2.42. The molecule has 0 radical (unpaired) electrons. The van der Waals surface area contributed by atoms with Crippen LogP contribution in [0.15, 0.2) is 33.3 Å². The molecule has 2 amide bonds. The third-order valence-electron chi connectivity index (χ3n) is 6.18. The van der Waals surface area contributed by atoms with Gasteiger partial charge in [-0.1, -0.05) is 5.16 Å². The van der Waals surface area contributed by atoms with Crippen LogP contribution < -0.4 is 16.2 Å². The van der Waals surface area contributed by atoms with Crippen molar-refractivity contribution >= 4 is 63.1 Å². The van der Waals surface area contributed by atoms with Gasteiger partial charge in [0.1, 0.15) is 43.9 Å². The summed E-state index contributed by atoms with van der Waals surface area (Å²) in [5.41, 5.74) is 7.62. The maximum atomic E-state index is 13.0. The van der Waals surface area contributed by atoms with Crippen molar-refractivity contribution in [2.75, 3.05) is 32.2 Å². The van der Waals surface area contributed by atoms with E-state index in [-0.39, 0.29) is 22.2 Å². The summed E-state index contributed by atoms with van der Waals surface area (Å²) in [6.45, 7) is 2.13. The number of anilines is 1. The first-order valence-corrected chi connectivity index (χ1v) is 13.4. The SMILES string of the molecule is CO/N=C(\C(=O)N[C@@H]1C(=O)N2C(C(=O)[O-])=C(C[N+]3(C)Cc4ccsc4C3)CS[C@@H]12)c1csc(N)n1. The number of likely N-dealkylation sites (N-methyl/N-ethyl adjacent to an activating group) is 1. The fourth-order valence-electron chi connectivity index (χ4n) is 4.73. The Balaban J connectivity index is 1.33. The van der Waals surface area contributed by atoms with Gasteiger partial charge in [0.25, 0.3) is 11.8 Å². The van der Waals surface area contributed by atoms with E-state index in [1.807, 2.05) is 0 Å². The molecule has 1 fully saturated rings. The lowest BCUT2D eigenvalue weighted by molar-refractivity contribution is -0.924. The fraction of sp³-hybridized carbons (Fsp3) is 0.381. The number of hydrogen-bond acceptors (Lipinski definition) is 11. The molecule has 35 heavy (non-hydrogen) atoms. The predicted octanol–water partition coefficient (Wildman–Crippen LogP) is -0.298. The molecule has 2 aromatic heterocycles. The molecule has 0 saturated carbocycles. The largest absolute Gasteiger partial charge is 0.543 e. The van der Waals surface area contributed by atoms with E-state index in [2.05, 4.69) is 34.0 Å². The number of fused-ring (bicyclic) bond motifs is 2. The summed E-state index contributed by atoms with van der Waals surface area (Å²) in [6, 6.07) is 1.20. The molecule has 2 aromatic rings. The lowest BCUT2D eigenvalue weighted by Crippen LogP contribution is -2.71. The summed E-state index contributed by atoms with van der Waals surface area (Å²) in [5, 5.41) is 21.8. The van der Waals surface area contributed by atoms with Crippen LogP contribution in [0.5, 0.6) is 0 Å². The first-order valence-electron chi connectivity index (χ1n) is 10.6. The summed E-state index contributed by atoms with van der Waals surface area (Å²) < 4.78 is 0.648. The molecule has 1 unspecified atom stereocenters. The lowest BCUT2D eigenvalue weighted by Gasteiger charge is -2.51. The van der Waals surface area contributed by atoms with Gasteiger partial charge < -0.3 is 30.3 Å². The number of carboxylic acid groups (broad SMARTS) is 1. The van der Waals surface area contributed by atoms with Gasteiger partial charge in [-0.2, -0.15) is 0 Å². The Labute approximate surface area is 212 Å². The quantitative estimate of drug-likeness (QED) is 0.213. The molecule has 0 bridgehead atoms. The number of nitrogens with two attached hydrogens (primary N) is 1. The van der Waals surface area contributed by atoms with Gasteiger partial charge in [-0.25, -0.2) is 4.98 Å². The highest BCUT2D eigenvalue weighted by Gasteiger charge is 2.54. The van der Waals surface area contributed by atoms with Gasteiger partial charge in [0, 0.05) is 22.3 Å². The van der Waals surface area contributed by atoms with Crippen LogP contribution in [-0.2, 0) is 32.3 Å². The van der Waals surface area contributed by atoms with Crippen LogP contribution in [0.4, 0.5) is 5.13 Å². The number of carbonyl (C=O) groups excluding carboxylic acids is 3. The number of rotatable bonds is 7. The van der Waals surface area contributed by atoms with Crippen molar-refractivity contribution in [3.8, 4) is 0 Å². The van der Waals surface area contributed by atoms with Gasteiger partial charge >= 0.3 is 0 Å². The van der Waals surface area contributed by atoms with E-state index >= 15 is 0 Å². The second-order valence-electron chi connectivity index (χ2n) is 8.76. The Bertz CT molecular complexity index is 1260. The lowest BCUT2D eigenvalue weighted by atomic mass is 10.0. The van der Waals surface area contributed by atoms with E-state index in [1.165, 1.54) is 34.2 Å². The van der Waals surface area contributed by atoms with Crippen molar-refractivity contribution in [2.45, 2.75) is 24.5 Å². The molecule has 0 spiro atoms. The number of carboxylic acids is 1. The van der Waals surface area contributed by atoms with Crippen molar-refractivity contribution in [3.63, 3.8) is 0 Å². The van der Waals surface area contributed by atoms with Crippen LogP contribution in [-0.4, -0.2) is 75.7 Å². The number of aromatic nitrogens is 1. The van der Waals surface area contributed by atoms with Crippen molar-refractivity contribution < 1.29 is 28.8 Å². The van der Waals surface area contributed by atoms with Crippen LogP contribution in [0.2, 0.25) is 0 Å². The van der Waals surface area contributed by atoms with Gasteiger partial charge in [0.15, 0.2) is 10.8 Å². The number of β-lactam (4-membered cyclic amide) rings is 1. The number of nitrogen functional groups attached to an aromatic ring is 1. The topological polar surface area (TPSA) is 150 Å². The molecule has 3 aliphatic heterocycles. The molecule has 3 atom stereocenters. The third-order valence-corrected chi connectivity index (χ3v) is 9.14. The number of amides is 2. The van der Waals surface area contributed by atoms with Crippen LogP contribution in [0.1, 0.15) is 16.1 Å². The second-order valence-corrected chi connectivity index (χ2v) is 11.8. The van der Waals surface area contributed by atoms with E-state index in [4.69, 9.17) is 10.6 Å². The normalized spacial score (nSPS) is 25.7. The van der Waals surface area contributed by atoms with Crippen LogP contribution in [0, 0.1) is 0 Å². The molecule has 3 N–H and O–H groups in total. The molecule has 14 heteroatoms. The Kier molecular flexibility index (Phi) is 6.07. The number of thioether (sulfide) groups is 1. The fourth-order valence-corrected chi connectivity index (χ4v) is 7.68. The Morgan fingerprint density at radius 1 is 1.40 bits per heavy atom. The number of thiophene rings is 1. The van der Waals surface area contributed by atoms with Crippen molar-refractivity contribution in [1.29, 1.82) is 0 Å². The van der Waals surface area contributed by atoms with Crippen molar-refractivity contribution in [1.82, 2.24) is 15.2 Å². The van der Waals surface area contributed by atoms with Gasteiger partial charge in [-0.05, 0) is 11.4 Å². The molecule has 5 rings (SSSR count). The molecule has 11 nitrogen and oxygen atoms in total. The zero-order valence-electron chi connectivity index (χ0n) is 18.8. The van der Waals surface area contributed by atoms with E-state index in [1.54, 1.807) is 16.7 Å². The third kappa shape index (κ3) is 4.20. The summed E-state index contributed by atoms with van der Waals surface area (Å²) in [6.07, 6.45) is 0. The van der Waals surface area contributed by atoms with Gasteiger partial charge in [-0.15, -0.1) is 34.4 Å². The monoisotopic (exact) mass is 534 g/mol. The molecule has 0 aliphatic carbocycles. The average Bonchev–Trinajstić information content (AvgIpc) is 3.50. The first-order chi connectivity index (χ1) is 16.7. The minimum atomic E-state index is -1.39. The molecule has 5 heterocycles. The maximum Gasteiger partial charge on any atom is 0.276 e. The highest BCUT2D eigenvalue weighted by molar-refractivity contribution is 8.00. The molecule has 0 aromatic carbocycles. The first kappa shape index (κ1) is 23.8. The van der Waals surface area contributed by atoms with E-state index in [0.29, 0.717) is 22.4 Å². The van der Waals surface area contributed by atoms with E-state index in [0.717, 1.165) is 24.4 Å². The van der Waals surface area contributed by atoms with Crippen molar-refractivity contribution in [3.05, 3.63) is 44.2 Å². The molecular weight excluding hydrogens is 512 g/mol. The number of quaternary nitrogens is 1. The summed E-state index contributed by atoms with van der Waals surface area (Å²) in [4.78, 5) is 49.4. The number of hydrogen-bond donors (Lipinski definition) is 2. The van der Waals surface area contributed by atoms with Crippen molar-refractivity contribution in [2.24, 2.45) is 5.16 Å². The number of oxime groups is 1. The maximum absolute atomic E-state index is 13.0. The molecule has 184 valence electrons. The number of aliphatic carboxylic acids is 1. The standard InChI is InChI=1S/C21H22N6O5S3/c1-27(5-10-3-4-33-13(10)7-27)6-11-8-34-19-15(18(29)26(19)16(11)20(30)31)24-17(28)14(25-32-2)12-9-35-21(22)23-12/h3-4,9,15,19H,5-8H2,1-2H3,(H3-,22,23,24,28,30,31)/b25-14-/t15-,19+,27?/m1/s1. The number of nitrogens with zero attached hydrogens (tertiary/aromatic N) is 4. The summed E-state index contributed by atoms with van der Waals surface area (Å²) in [5.74, 6) is -2.14. The highest BCUT2D eigenvalue weighted by atomic mass is 32.2. The van der Waals surface area contributed by atoms with Crippen LogP contribution in [0.3, 0.4) is 0 Å². The zero-order chi connectivity index (χ0) is 24.9. The number of carbonyl (C=O) groups is 3. The number of nitrogens with one attached hydrogen (secondary N) is 1. The number of thiazole rings is 1. The van der Waals surface area contributed by atoms with Gasteiger partial charge in [0.2, 0.25) is 0 Å². The van der Waals surface area contributed by atoms with Crippen LogP contribution >= 0.6 is 34.4 Å². The Morgan fingerprint density at radius 3 is 2.86 bits per heavy atom. The second kappa shape index (κ2) is 8.93. The zero-order valence-corrected chi connectivity index (χ0v) is 21.3. The van der Waals surface area contributed by atoms with Crippen LogP contribution in [0.25, 0.3) is 0 Å². The summed E-state index contributed by atoms with van der Waals surface area (Å²) >= 11 is 4.26. The molecular formula is C21H22N6O5S3. The molecule has 1 saturated heterocycles. The predicted molar refractivity (Wildman–Crippen MR) is 130 cm³/mol. The Hall–Kier alpha value is -2.94. The Morgan fingerprint density at radius 2 is 2.20 bits per heavy atom. The average molecular weight is 535 g/mol.